The van der Waals surface area contributed by atoms with Crippen molar-refractivity contribution in [3.63, 3.8) is 0 Å². The molecule has 0 atom stereocenters. The Morgan fingerprint density at radius 2 is 1.86 bits per heavy atom. The van der Waals surface area contributed by atoms with Gasteiger partial charge in [-0.15, -0.1) is 0 Å². The molecule has 12 nitrogen and oxygen atoms in total. The van der Waals surface area contributed by atoms with E-state index in [4.69, 9.17) is 19.2 Å². The molecule has 4 heterocycles. The van der Waals surface area contributed by atoms with Crippen molar-refractivity contribution in [3.8, 4) is 16.9 Å². The monoisotopic (exact) mass is 602 g/mol. The van der Waals surface area contributed by atoms with E-state index in [-0.39, 0.29) is 4.90 Å². The Morgan fingerprint density at radius 1 is 1.07 bits per heavy atom. The number of rotatable bonds is 8. The third-order valence-corrected chi connectivity index (χ3v) is 9.58. The van der Waals surface area contributed by atoms with Crippen molar-refractivity contribution >= 4 is 44.2 Å². The highest BCUT2D eigenvalue weighted by Crippen LogP contribution is 2.39. The van der Waals surface area contributed by atoms with E-state index in [2.05, 4.69) is 44.9 Å². The molecule has 0 saturated heterocycles. The number of H-pyrrole nitrogens is 1. The van der Waals surface area contributed by atoms with Gasteiger partial charge in [0.1, 0.15) is 27.9 Å². The molecular formula is C30H34N8O4S. The van der Waals surface area contributed by atoms with E-state index in [9.17, 15) is 8.42 Å². The van der Waals surface area contributed by atoms with Gasteiger partial charge in [0.05, 0.1) is 29.6 Å². The first-order valence-electron chi connectivity index (χ1n) is 13.8. The molecule has 0 bridgehead atoms. The Hall–Kier alpha value is -4.46. The first-order chi connectivity index (χ1) is 20.6. The Balaban J connectivity index is 1.51. The molecule has 224 valence electrons. The van der Waals surface area contributed by atoms with Gasteiger partial charge in [0.2, 0.25) is 16.0 Å². The normalized spacial score (nSPS) is 13.8. The third-order valence-electron chi connectivity index (χ3n) is 7.70. The molecule has 3 N–H and O–H groups in total. The molecule has 0 saturated carbocycles. The number of aryl methyl sites for hydroxylation is 2. The number of methoxy groups -OCH3 is 1. The summed E-state index contributed by atoms with van der Waals surface area (Å²) < 4.78 is 38.8. The van der Waals surface area contributed by atoms with Gasteiger partial charge >= 0.3 is 0 Å². The van der Waals surface area contributed by atoms with E-state index < -0.39 is 10.0 Å². The van der Waals surface area contributed by atoms with E-state index in [1.165, 1.54) is 29.5 Å². The van der Waals surface area contributed by atoms with E-state index in [0.29, 0.717) is 45.7 Å². The Labute approximate surface area is 250 Å². The van der Waals surface area contributed by atoms with Gasteiger partial charge in [0.15, 0.2) is 0 Å². The lowest BCUT2D eigenvalue weighted by Gasteiger charge is -2.26. The molecule has 0 unspecified atom stereocenters. The van der Waals surface area contributed by atoms with Crippen LogP contribution in [0.4, 0.5) is 23.1 Å². The number of anilines is 4. The standard InChI is InChI=1S/C30H34N8O4S/c1-17-26(18(2)42-36-17)21-15-31-28-27(21)29(32-22-9-7-8-10-25(22)43(39,40)37(3)4)35-30(34-28)33-23-13-20-16-38(5)12-11-19(20)14-24(23)41-6/h7-10,13-15H,11-12,16H2,1-6H3,(H3,31,32,33,34,35). The predicted octanol–water partition coefficient (Wildman–Crippen LogP) is 4.96. The number of nitrogens with one attached hydrogen (secondary N) is 3. The number of fused-ring (bicyclic) bond motifs is 2. The van der Waals surface area contributed by atoms with Crippen LogP contribution >= 0.6 is 0 Å². The van der Waals surface area contributed by atoms with Crippen molar-refractivity contribution in [3.05, 3.63) is 65.2 Å². The van der Waals surface area contributed by atoms with E-state index in [1.54, 1.807) is 31.4 Å². The quantitative estimate of drug-likeness (QED) is 0.223. The second-order valence-corrected chi connectivity index (χ2v) is 13.0. The van der Waals surface area contributed by atoms with Crippen LogP contribution in [0.25, 0.3) is 22.2 Å². The summed E-state index contributed by atoms with van der Waals surface area (Å²) in [4.78, 5) is 15.4. The lowest BCUT2D eigenvalue weighted by molar-refractivity contribution is 0.312. The van der Waals surface area contributed by atoms with Gasteiger partial charge in [-0.3, -0.25) is 0 Å². The summed E-state index contributed by atoms with van der Waals surface area (Å²) in [6.07, 6.45) is 2.78. The highest BCUT2D eigenvalue weighted by molar-refractivity contribution is 7.89. The molecule has 1 aliphatic heterocycles. The summed E-state index contributed by atoms with van der Waals surface area (Å²) in [5, 5.41) is 11.5. The van der Waals surface area contributed by atoms with Crippen molar-refractivity contribution < 1.29 is 17.7 Å². The summed E-state index contributed by atoms with van der Waals surface area (Å²) in [5.74, 6) is 2.04. The summed E-state index contributed by atoms with van der Waals surface area (Å²) in [7, 11) is 2.99. The number of aromatic nitrogens is 4. The first kappa shape index (κ1) is 28.6. The number of hydrogen-bond acceptors (Lipinski definition) is 10. The number of para-hydroxylation sites is 1. The Kier molecular flexibility index (Phi) is 7.32. The van der Waals surface area contributed by atoms with E-state index in [1.807, 2.05) is 20.0 Å². The maximum absolute atomic E-state index is 13.2. The summed E-state index contributed by atoms with van der Waals surface area (Å²) >= 11 is 0. The highest BCUT2D eigenvalue weighted by Gasteiger charge is 2.25. The molecule has 0 spiro atoms. The zero-order valence-corrected chi connectivity index (χ0v) is 25.8. The Bertz CT molecular complexity index is 1930. The minimum atomic E-state index is -3.76. The average molecular weight is 603 g/mol. The summed E-state index contributed by atoms with van der Waals surface area (Å²) in [5.41, 5.74) is 6.42. The molecule has 2 aromatic carbocycles. The summed E-state index contributed by atoms with van der Waals surface area (Å²) in [6.45, 7) is 5.53. The van der Waals surface area contributed by atoms with Gasteiger partial charge in [0.25, 0.3) is 0 Å². The van der Waals surface area contributed by atoms with Crippen LogP contribution in [0.1, 0.15) is 22.6 Å². The Morgan fingerprint density at radius 3 is 2.58 bits per heavy atom. The third kappa shape index (κ3) is 5.19. The highest BCUT2D eigenvalue weighted by atomic mass is 32.2. The van der Waals surface area contributed by atoms with Crippen molar-refractivity contribution in [1.29, 1.82) is 0 Å². The largest absolute Gasteiger partial charge is 0.495 e. The van der Waals surface area contributed by atoms with Crippen LogP contribution in [0.3, 0.4) is 0 Å². The molecule has 0 amide bonds. The predicted molar refractivity (Wildman–Crippen MR) is 166 cm³/mol. The van der Waals surface area contributed by atoms with Crippen LogP contribution in [0.2, 0.25) is 0 Å². The van der Waals surface area contributed by atoms with Gasteiger partial charge in [-0.25, -0.2) is 12.7 Å². The molecule has 0 fully saturated rings. The molecule has 3 aromatic heterocycles. The topological polar surface area (TPSA) is 142 Å². The van der Waals surface area contributed by atoms with Crippen LogP contribution in [0, 0.1) is 13.8 Å². The number of sulfonamides is 1. The number of likely N-dealkylation sites (N-methyl/N-ethyl adjacent to an activating group) is 1. The molecule has 5 aromatic rings. The van der Waals surface area contributed by atoms with Crippen LogP contribution in [-0.4, -0.2) is 72.5 Å². The zero-order chi connectivity index (χ0) is 30.5. The van der Waals surface area contributed by atoms with Crippen LogP contribution < -0.4 is 15.4 Å². The maximum atomic E-state index is 13.2. The number of hydrogen-bond donors (Lipinski definition) is 3. The van der Waals surface area contributed by atoms with E-state index >= 15 is 0 Å². The second kappa shape index (κ2) is 11.0. The smallest absolute Gasteiger partial charge is 0.244 e. The lowest BCUT2D eigenvalue weighted by atomic mass is 9.99. The van der Waals surface area contributed by atoms with Gasteiger partial charge in [0, 0.05) is 44.5 Å². The minimum Gasteiger partial charge on any atom is -0.495 e. The fraction of sp³-hybridized carbons (Fsp3) is 0.300. The van der Waals surface area contributed by atoms with Gasteiger partial charge in [-0.05, 0) is 62.7 Å². The second-order valence-electron chi connectivity index (χ2n) is 10.9. The molecule has 43 heavy (non-hydrogen) atoms. The maximum Gasteiger partial charge on any atom is 0.244 e. The van der Waals surface area contributed by atoms with Crippen molar-refractivity contribution in [2.24, 2.45) is 0 Å². The molecule has 13 heteroatoms. The number of nitrogens with zero attached hydrogens (tertiary/aromatic N) is 5. The fourth-order valence-electron chi connectivity index (χ4n) is 5.48. The van der Waals surface area contributed by atoms with Crippen molar-refractivity contribution in [2.45, 2.75) is 31.7 Å². The minimum absolute atomic E-state index is 0.121. The lowest BCUT2D eigenvalue weighted by Crippen LogP contribution is -2.26. The zero-order valence-electron chi connectivity index (χ0n) is 24.9. The molecule has 0 radical (unpaired) electrons. The van der Waals surface area contributed by atoms with Crippen molar-refractivity contribution in [2.75, 3.05) is 45.4 Å². The molecular weight excluding hydrogens is 568 g/mol. The number of ether oxygens (including phenoxy) is 1. The molecule has 1 aliphatic rings. The van der Waals surface area contributed by atoms with Crippen LogP contribution in [-0.2, 0) is 23.0 Å². The number of aromatic amines is 1. The van der Waals surface area contributed by atoms with Gasteiger partial charge in [-0.2, -0.15) is 9.97 Å². The first-order valence-corrected chi connectivity index (χ1v) is 15.3. The van der Waals surface area contributed by atoms with Crippen molar-refractivity contribution in [1.82, 2.24) is 29.3 Å². The average Bonchev–Trinajstić information content (AvgIpc) is 3.54. The molecule has 0 aliphatic carbocycles. The van der Waals surface area contributed by atoms with E-state index in [0.717, 1.165) is 36.3 Å². The number of benzene rings is 2. The van der Waals surface area contributed by atoms with Crippen LogP contribution in [0.15, 0.2) is 52.0 Å². The van der Waals surface area contributed by atoms with Gasteiger partial charge in [-0.1, -0.05) is 17.3 Å². The van der Waals surface area contributed by atoms with Crippen LogP contribution in [0.5, 0.6) is 5.75 Å². The van der Waals surface area contributed by atoms with Gasteiger partial charge < -0.3 is 29.8 Å². The SMILES string of the molecule is COc1cc2c(cc1Nc1nc(Nc3ccccc3S(=O)(=O)N(C)C)c3c(-c4c(C)noc4C)c[nH]c3n1)CN(C)CC2. The fourth-order valence-corrected chi connectivity index (χ4v) is 6.52. The molecule has 6 rings (SSSR count). The summed E-state index contributed by atoms with van der Waals surface area (Å²) in [6, 6.07) is 10.9.